The van der Waals surface area contributed by atoms with Crippen LogP contribution >= 0.6 is 0 Å². The molecule has 0 aliphatic heterocycles. The average molecular weight is 262 g/mol. The summed E-state index contributed by atoms with van der Waals surface area (Å²) in [4.78, 5) is 3.88. The maximum atomic E-state index is 13.0. The first kappa shape index (κ1) is 11.8. The van der Waals surface area contributed by atoms with Crippen molar-refractivity contribution in [1.29, 1.82) is 0 Å². The minimum Gasteiger partial charge on any atom is -0.301 e. The van der Waals surface area contributed by atoms with Gasteiger partial charge in [0.25, 0.3) is 0 Å². The van der Waals surface area contributed by atoms with Crippen molar-refractivity contribution in [2.75, 3.05) is 0 Å². The molecule has 5 heteroatoms. The zero-order valence-corrected chi connectivity index (χ0v) is 9.72. The van der Waals surface area contributed by atoms with Crippen molar-refractivity contribution >= 4 is 10.9 Å². The van der Waals surface area contributed by atoms with Crippen molar-refractivity contribution in [3.63, 3.8) is 0 Å². The molecule has 0 spiro atoms. The summed E-state index contributed by atoms with van der Waals surface area (Å²) in [5.41, 5.74) is -0.0388. The largest absolute Gasteiger partial charge is 0.419 e. The van der Waals surface area contributed by atoms with Gasteiger partial charge in [0.15, 0.2) is 0 Å². The lowest BCUT2D eigenvalue weighted by molar-refractivity contribution is -0.137. The summed E-state index contributed by atoms with van der Waals surface area (Å²) < 4.78 is 40.4. The standard InChI is InChI=1S/C14H9F3N2/c15-14(16,17)11-5-3-8-18-13(11)19-9-7-10-4-1-2-6-12(10)19/h1-9H. The number of para-hydroxylation sites is 1. The lowest BCUT2D eigenvalue weighted by Crippen LogP contribution is -2.11. The molecule has 0 unspecified atom stereocenters. The van der Waals surface area contributed by atoms with Crippen LogP contribution in [0.5, 0.6) is 0 Å². The number of benzene rings is 1. The van der Waals surface area contributed by atoms with Gasteiger partial charge >= 0.3 is 6.18 Å². The third kappa shape index (κ3) is 1.97. The Bertz CT molecular complexity index is 729. The summed E-state index contributed by atoms with van der Waals surface area (Å²) in [5, 5.41) is 0.876. The van der Waals surface area contributed by atoms with Crippen LogP contribution in [0, 0.1) is 0 Å². The van der Waals surface area contributed by atoms with Gasteiger partial charge in [0.2, 0.25) is 0 Å². The lowest BCUT2D eigenvalue weighted by Gasteiger charge is -2.13. The molecule has 2 aromatic heterocycles. The van der Waals surface area contributed by atoms with Crippen LogP contribution in [0.15, 0.2) is 54.9 Å². The molecule has 19 heavy (non-hydrogen) atoms. The molecule has 0 bridgehead atoms. The fourth-order valence-corrected chi connectivity index (χ4v) is 2.08. The molecule has 0 amide bonds. The highest BCUT2D eigenvalue weighted by Gasteiger charge is 2.34. The maximum Gasteiger partial charge on any atom is 0.419 e. The third-order valence-electron chi connectivity index (χ3n) is 2.92. The number of nitrogens with zero attached hydrogens (tertiary/aromatic N) is 2. The zero-order chi connectivity index (χ0) is 13.5. The highest BCUT2D eigenvalue weighted by Crippen LogP contribution is 2.33. The molecule has 0 atom stereocenters. The van der Waals surface area contributed by atoms with Crippen molar-refractivity contribution in [2.24, 2.45) is 0 Å². The van der Waals surface area contributed by atoms with Crippen molar-refractivity contribution in [3.05, 3.63) is 60.4 Å². The smallest absolute Gasteiger partial charge is 0.301 e. The molecular formula is C14H9F3N2. The molecule has 2 heterocycles. The molecule has 0 aliphatic rings. The van der Waals surface area contributed by atoms with E-state index in [2.05, 4.69) is 4.98 Å². The monoisotopic (exact) mass is 262 g/mol. The predicted molar refractivity (Wildman–Crippen MR) is 66.1 cm³/mol. The molecule has 0 saturated carbocycles. The van der Waals surface area contributed by atoms with Gasteiger partial charge in [0.1, 0.15) is 5.82 Å². The van der Waals surface area contributed by atoms with Crippen LogP contribution in [0.3, 0.4) is 0 Å². The maximum absolute atomic E-state index is 13.0. The van der Waals surface area contributed by atoms with Gasteiger partial charge in [-0.3, -0.25) is 0 Å². The Morgan fingerprint density at radius 2 is 1.74 bits per heavy atom. The first-order chi connectivity index (χ1) is 9.07. The van der Waals surface area contributed by atoms with Crippen LogP contribution in [0.2, 0.25) is 0 Å². The van der Waals surface area contributed by atoms with Crippen molar-refractivity contribution in [3.8, 4) is 5.82 Å². The van der Waals surface area contributed by atoms with E-state index in [1.807, 2.05) is 12.1 Å². The number of hydrogen-bond acceptors (Lipinski definition) is 1. The minimum absolute atomic E-state index is 0.101. The molecule has 0 fully saturated rings. The topological polar surface area (TPSA) is 17.8 Å². The lowest BCUT2D eigenvalue weighted by atomic mass is 10.2. The van der Waals surface area contributed by atoms with Gasteiger partial charge in [-0.2, -0.15) is 13.2 Å². The van der Waals surface area contributed by atoms with Gasteiger partial charge < -0.3 is 4.57 Å². The molecule has 2 nitrogen and oxygen atoms in total. The number of fused-ring (bicyclic) bond motifs is 1. The van der Waals surface area contributed by atoms with E-state index >= 15 is 0 Å². The summed E-state index contributed by atoms with van der Waals surface area (Å²) in [7, 11) is 0. The fraction of sp³-hybridized carbons (Fsp3) is 0.0714. The number of rotatable bonds is 1. The van der Waals surface area contributed by atoms with Gasteiger partial charge in [-0.25, -0.2) is 4.98 Å². The highest BCUT2D eigenvalue weighted by molar-refractivity contribution is 5.81. The normalized spacial score (nSPS) is 11.9. The molecule has 1 aromatic carbocycles. The van der Waals surface area contributed by atoms with Crippen LogP contribution in [-0.2, 0) is 6.18 Å². The number of alkyl halides is 3. The predicted octanol–water partition coefficient (Wildman–Crippen LogP) is 4.04. The third-order valence-corrected chi connectivity index (χ3v) is 2.92. The van der Waals surface area contributed by atoms with Gasteiger partial charge in [-0.1, -0.05) is 18.2 Å². The summed E-state index contributed by atoms with van der Waals surface area (Å²) in [6.07, 6.45) is -1.46. The minimum atomic E-state index is -4.42. The molecule has 3 rings (SSSR count). The molecule has 0 aliphatic carbocycles. The molecule has 0 N–H and O–H groups in total. The Balaban J connectivity index is 2.28. The van der Waals surface area contributed by atoms with Crippen molar-refractivity contribution < 1.29 is 13.2 Å². The number of hydrogen-bond donors (Lipinski definition) is 0. The molecule has 3 aromatic rings. The number of pyridine rings is 1. The molecule has 0 radical (unpaired) electrons. The van der Waals surface area contributed by atoms with E-state index in [9.17, 15) is 13.2 Å². The van der Waals surface area contributed by atoms with E-state index in [0.717, 1.165) is 11.5 Å². The first-order valence-electron chi connectivity index (χ1n) is 5.66. The Morgan fingerprint density at radius 3 is 2.53 bits per heavy atom. The molecular weight excluding hydrogens is 253 g/mol. The fourth-order valence-electron chi connectivity index (χ4n) is 2.08. The molecule has 96 valence electrons. The van der Waals surface area contributed by atoms with Gasteiger partial charge in [0.05, 0.1) is 11.1 Å². The number of aromatic nitrogens is 2. The Kier molecular flexibility index (Phi) is 2.55. The second kappa shape index (κ2) is 4.12. The quantitative estimate of drug-likeness (QED) is 0.647. The Labute approximate surface area is 107 Å². The first-order valence-corrected chi connectivity index (χ1v) is 5.66. The van der Waals surface area contributed by atoms with Gasteiger partial charge in [-0.15, -0.1) is 0 Å². The molecule has 0 saturated heterocycles. The zero-order valence-electron chi connectivity index (χ0n) is 9.72. The van der Waals surface area contributed by atoms with E-state index in [4.69, 9.17) is 0 Å². The number of halogens is 3. The second-order valence-corrected chi connectivity index (χ2v) is 4.12. The van der Waals surface area contributed by atoms with E-state index in [-0.39, 0.29) is 5.82 Å². The Morgan fingerprint density at radius 1 is 0.947 bits per heavy atom. The van der Waals surface area contributed by atoms with E-state index in [1.165, 1.54) is 16.8 Å². The second-order valence-electron chi connectivity index (χ2n) is 4.12. The Hall–Kier alpha value is -2.30. The summed E-state index contributed by atoms with van der Waals surface area (Å²) in [6.45, 7) is 0. The van der Waals surface area contributed by atoms with E-state index in [0.29, 0.717) is 5.52 Å². The van der Waals surface area contributed by atoms with E-state index in [1.54, 1.807) is 24.4 Å². The average Bonchev–Trinajstić information content (AvgIpc) is 2.81. The van der Waals surface area contributed by atoms with Crippen LogP contribution in [0.1, 0.15) is 5.56 Å². The SMILES string of the molecule is FC(F)(F)c1cccnc1-n1ccc2ccccc21. The van der Waals surface area contributed by atoms with Crippen LogP contribution in [0.4, 0.5) is 13.2 Å². The summed E-state index contributed by atoms with van der Waals surface area (Å²) in [5.74, 6) is -0.101. The van der Waals surface area contributed by atoms with Crippen LogP contribution in [0.25, 0.3) is 16.7 Å². The van der Waals surface area contributed by atoms with Crippen molar-refractivity contribution in [2.45, 2.75) is 6.18 Å². The van der Waals surface area contributed by atoms with Crippen LogP contribution < -0.4 is 0 Å². The van der Waals surface area contributed by atoms with Gasteiger partial charge in [0, 0.05) is 12.4 Å². The van der Waals surface area contributed by atoms with E-state index < -0.39 is 11.7 Å². The summed E-state index contributed by atoms with van der Waals surface area (Å²) in [6, 6.07) is 11.3. The highest BCUT2D eigenvalue weighted by atomic mass is 19.4. The van der Waals surface area contributed by atoms with Crippen molar-refractivity contribution in [1.82, 2.24) is 9.55 Å². The van der Waals surface area contributed by atoms with Crippen LogP contribution in [-0.4, -0.2) is 9.55 Å². The summed E-state index contributed by atoms with van der Waals surface area (Å²) >= 11 is 0. The van der Waals surface area contributed by atoms with Gasteiger partial charge in [-0.05, 0) is 29.7 Å².